The van der Waals surface area contributed by atoms with E-state index in [1.165, 1.54) is 6.20 Å². The fourth-order valence-corrected chi connectivity index (χ4v) is 0.858. The Labute approximate surface area is 118 Å². The van der Waals surface area contributed by atoms with Gasteiger partial charge in [0.2, 0.25) is 0 Å². The minimum Gasteiger partial charge on any atom is -0.449 e. The van der Waals surface area contributed by atoms with Crippen LogP contribution in [-0.2, 0) is 6.42 Å². The van der Waals surface area contributed by atoms with Crippen molar-refractivity contribution >= 4 is 6.98 Å². The number of aromatic nitrogens is 1. The Balaban J connectivity index is 0.00000144. The molecule has 0 saturated heterocycles. The number of hydrogen-bond acceptors (Lipinski definition) is 1. The van der Waals surface area contributed by atoms with Gasteiger partial charge in [-0.2, -0.15) is 0 Å². The van der Waals surface area contributed by atoms with E-state index in [-0.39, 0.29) is 57.8 Å². The van der Waals surface area contributed by atoms with Crippen molar-refractivity contribution in [3.63, 3.8) is 0 Å². The Morgan fingerprint density at radius 2 is 1.92 bits per heavy atom. The van der Waals surface area contributed by atoms with Crippen LogP contribution in [0.5, 0.6) is 0 Å². The summed E-state index contributed by atoms with van der Waals surface area (Å²) in [6.45, 7) is -4.67. The summed E-state index contributed by atoms with van der Waals surface area (Å²) < 4.78 is 35.3. The number of hydrogen-bond donors (Lipinski definition) is 0. The number of rotatable bonds is 3. The summed E-state index contributed by atoms with van der Waals surface area (Å²) in [6, 6.07) is 4.97. The van der Waals surface area contributed by atoms with Gasteiger partial charge in [-0.15, -0.1) is 0 Å². The van der Waals surface area contributed by atoms with E-state index in [2.05, 4.69) is 4.98 Å². The Kier molecular flexibility index (Phi) is 6.49. The quantitative estimate of drug-likeness (QED) is 0.615. The summed E-state index contributed by atoms with van der Waals surface area (Å²) in [6.07, 6.45) is 0.750. The van der Waals surface area contributed by atoms with Crippen molar-refractivity contribution in [1.82, 2.24) is 4.98 Å². The van der Waals surface area contributed by atoms with E-state index in [9.17, 15) is 12.9 Å². The van der Waals surface area contributed by atoms with Crippen LogP contribution in [0.15, 0.2) is 24.4 Å². The molecular weight excluding hydrogens is 205 g/mol. The van der Waals surface area contributed by atoms with Crippen LogP contribution < -0.4 is 51.4 Å². The third-order valence-electron chi connectivity index (χ3n) is 1.45. The second kappa shape index (κ2) is 6.19. The first-order valence-corrected chi connectivity index (χ1v) is 3.69. The van der Waals surface area contributed by atoms with Crippen molar-refractivity contribution in [2.75, 3.05) is 0 Å². The molecule has 0 unspecified atom stereocenters. The molecule has 1 rings (SSSR count). The van der Waals surface area contributed by atoms with Crippen LogP contribution >= 0.6 is 0 Å². The van der Waals surface area contributed by atoms with Crippen LogP contribution in [0.25, 0.3) is 0 Å². The predicted molar refractivity (Wildman–Crippen MR) is 41.8 cm³/mol. The molecule has 0 aliphatic rings. The summed E-state index contributed by atoms with van der Waals surface area (Å²) in [7, 11) is 0. The van der Waals surface area contributed by atoms with E-state index >= 15 is 0 Å². The summed E-state index contributed by atoms with van der Waals surface area (Å²) >= 11 is 0. The van der Waals surface area contributed by atoms with E-state index in [0.29, 0.717) is 5.69 Å². The number of pyridine rings is 1. The molecule has 0 amide bonds. The molecule has 0 fully saturated rings. The van der Waals surface area contributed by atoms with E-state index in [4.69, 9.17) is 0 Å². The first-order valence-electron chi connectivity index (χ1n) is 3.69. The number of halogens is 3. The molecule has 1 aromatic rings. The molecule has 0 atom stereocenters. The average Bonchev–Trinajstić information content (AvgIpc) is 2.02. The van der Waals surface area contributed by atoms with Crippen molar-refractivity contribution in [2.24, 2.45) is 0 Å². The molecule has 1 nitrogen and oxygen atoms in total. The SMILES string of the molecule is F[B-](F)(F)CCc1ccccn1.[K+]. The standard InChI is InChI=1S/C7H8BF3N.K/c9-8(10,11)5-4-7-3-1-2-6-12-7;/h1-3,6H,4-5H2;/q-1;+1. The van der Waals surface area contributed by atoms with Crippen molar-refractivity contribution in [3.8, 4) is 0 Å². The third-order valence-corrected chi connectivity index (χ3v) is 1.45. The second-order valence-corrected chi connectivity index (χ2v) is 2.57. The molecule has 0 radical (unpaired) electrons. The Morgan fingerprint density at radius 1 is 1.23 bits per heavy atom. The van der Waals surface area contributed by atoms with Crippen LogP contribution in [-0.4, -0.2) is 12.0 Å². The van der Waals surface area contributed by atoms with Crippen molar-refractivity contribution in [3.05, 3.63) is 30.1 Å². The summed E-state index contributed by atoms with van der Waals surface area (Å²) in [4.78, 5) is 3.79. The van der Waals surface area contributed by atoms with Gasteiger partial charge < -0.3 is 12.9 Å². The van der Waals surface area contributed by atoms with Crippen molar-refractivity contribution in [2.45, 2.75) is 12.7 Å². The fraction of sp³-hybridized carbons (Fsp3) is 0.286. The van der Waals surface area contributed by atoms with E-state index in [1.807, 2.05) is 0 Å². The maximum absolute atomic E-state index is 11.8. The summed E-state index contributed by atoms with van der Waals surface area (Å²) in [5.41, 5.74) is 0.497. The van der Waals surface area contributed by atoms with Gasteiger partial charge in [0.25, 0.3) is 0 Å². The molecule has 0 N–H and O–H groups in total. The first kappa shape index (κ1) is 13.6. The Hall–Kier alpha value is 0.641. The topological polar surface area (TPSA) is 12.9 Å². The molecule has 1 aromatic heterocycles. The van der Waals surface area contributed by atoms with Gasteiger partial charge in [0.1, 0.15) is 0 Å². The minimum absolute atomic E-state index is 0. The number of aryl methyl sites for hydroxylation is 1. The molecule has 1 heterocycles. The molecule has 0 saturated carbocycles. The van der Waals surface area contributed by atoms with E-state index < -0.39 is 13.3 Å². The normalized spacial score (nSPS) is 10.7. The third kappa shape index (κ3) is 6.68. The molecule has 0 spiro atoms. The van der Waals surface area contributed by atoms with Crippen LogP contribution in [0.1, 0.15) is 5.69 Å². The predicted octanol–water partition coefficient (Wildman–Crippen LogP) is -0.525. The van der Waals surface area contributed by atoms with Gasteiger partial charge in [0.15, 0.2) is 0 Å². The zero-order valence-electron chi connectivity index (χ0n) is 7.38. The summed E-state index contributed by atoms with van der Waals surface area (Å²) in [5, 5.41) is 0. The fourth-order valence-electron chi connectivity index (χ4n) is 0.858. The maximum atomic E-state index is 11.8. The molecule has 0 bridgehead atoms. The zero-order chi connectivity index (χ0) is 9.03. The van der Waals surface area contributed by atoms with Crippen molar-refractivity contribution < 1.29 is 64.3 Å². The van der Waals surface area contributed by atoms with Gasteiger partial charge in [-0.25, -0.2) is 0 Å². The first-order chi connectivity index (χ1) is 5.58. The van der Waals surface area contributed by atoms with Gasteiger partial charge in [-0.05, 0) is 18.6 Å². The molecule has 0 aromatic carbocycles. The summed E-state index contributed by atoms with van der Waals surface area (Å²) in [5.74, 6) is 0. The van der Waals surface area contributed by atoms with Crippen LogP contribution in [0, 0.1) is 0 Å². The van der Waals surface area contributed by atoms with Gasteiger partial charge in [0.05, 0.1) is 0 Å². The number of nitrogens with zero attached hydrogens (tertiary/aromatic N) is 1. The monoisotopic (exact) mass is 213 g/mol. The average molecular weight is 213 g/mol. The van der Waals surface area contributed by atoms with Crippen LogP contribution in [0.3, 0.4) is 0 Å². The zero-order valence-corrected chi connectivity index (χ0v) is 10.5. The van der Waals surface area contributed by atoms with Crippen LogP contribution in [0.4, 0.5) is 12.9 Å². The van der Waals surface area contributed by atoms with Crippen molar-refractivity contribution in [1.29, 1.82) is 0 Å². The molecule has 6 heteroatoms. The van der Waals surface area contributed by atoms with Gasteiger partial charge in [-0.1, -0.05) is 12.4 Å². The van der Waals surface area contributed by atoms with Gasteiger partial charge >= 0.3 is 58.4 Å². The van der Waals surface area contributed by atoms with E-state index in [1.54, 1.807) is 18.2 Å². The smallest absolute Gasteiger partial charge is 0.449 e. The Bertz CT molecular complexity index is 239. The second-order valence-electron chi connectivity index (χ2n) is 2.57. The van der Waals surface area contributed by atoms with Gasteiger partial charge in [-0.3, -0.25) is 4.98 Å². The molecule has 13 heavy (non-hydrogen) atoms. The van der Waals surface area contributed by atoms with Crippen LogP contribution in [0.2, 0.25) is 6.32 Å². The van der Waals surface area contributed by atoms with E-state index in [0.717, 1.165) is 0 Å². The van der Waals surface area contributed by atoms with Gasteiger partial charge in [0, 0.05) is 11.9 Å². The molecule has 0 aliphatic heterocycles. The maximum Gasteiger partial charge on any atom is 1.00 e. The minimum atomic E-state index is -4.67. The molecule has 66 valence electrons. The molecular formula is C7H8BF3KN. The molecule has 0 aliphatic carbocycles. The Morgan fingerprint density at radius 3 is 2.38 bits per heavy atom. The largest absolute Gasteiger partial charge is 1.00 e.